The molecule has 70 valence electrons. The first-order valence-electron chi connectivity index (χ1n) is 4.41. The summed E-state index contributed by atoms with van der Waals surface area (Å²) in [4.78, 5) is 11.9. The Morgan fingerprint density at radius 3 is 2.92 bits per heavy atom. The standard InChI is InChI=1S/C10H12INO/c1-10(2)3-4-12-6-7(11)5-8(12)9(10)13/h5-6H,3-4H2,1-2H3. The van der Waals surface area contributed by atoms with Gasteiger partial charge in [-0.05, 0) is 35.1 Å². The second kappa shape index (κ2) is 2.83. The second-order valence-electron chi connectivity index (χ2n) is 4.20. The monoisotopic (exact) mass is 289 g/mol. The van der Waals surface area contributed by atoms with Crippen molar-refractivity contribution in [2.75, 3.05) is 0 Å². The Hall–Kier alpha value is -0.320. The molecule has 2 rings (SSSR count). The highest BCUT2D eigenvalue weighted by molar-refractivity contribution is 14.1. The van der Waals surface area contributed by atoms with E-state index >= 15 is 0 Å². The van der Waals surface area contributed by atoms with Gasteiger partial charge in [0, 0.05) is 21.7 Å². The number of hydrogen-bond acceptors (Lipinski definition) is 1. The Morgan fingerprint density at radius 2 is 2.23 bits per heavy atom. The van der Waals surface area contributed by atoms with Crippen LogP contribution in [0, 0.1) is 8.99 Å². The quantitative estimate of drug-likeness (QED) is 0.673. The number of hydrogen-bond donors (Lipinski definition) is 0. The molecule has 0 aliphatic carbocycles. The van der Waals surface area contributed by atoms with E-state index in [9.17, 15) is 4.79 Å². The number of carbonyl (C=O) groups is 1. The highest BCUT2D eigenvalue weighted by Gasteiger charge is 2.34. The number of ketones is 1. The van der Waals surface area contributed by atoms with Gasteiger partial charge >= 0.3 is 0 Å². The molecule has 0 aromatic carbocycles. The Balaban J connectivity index is 2.51. The third-order valence-corrected chi connectivity index (χ3v) is 3.28. The molecule has 1 aromatic rings. The van der Waals surface area contributed by atoms with E-state index in [1.807, 2.05) is 26.1 Å². The molecule has 0 unspecified atom stereocenters. The van der Waals surface area contributed by atoms with Crippen LogP contribution in [0.4, 0.5) is 0 Å². The maximum absolute atomic E-state index is 11.9. The van der Waals surface area contributed by atoms with Crippen molar-refractivity contribution in [2.45, 2.75) is 26.8 Å². The highest BCUT2D eigenvalue weighted by atomic mass is 127. The second-order valence-corrected chi connectivity index (χ2v) is 5.45. The van der Waals surface area contributed by atoms with Gasteiger partial charge in [-0.2, -0.15) is 0 Å². The molecule has 2 nitrogen and oxygen atoms in total. The number of aromatic nitrogens is 1. The van der Waals surface area contributed by atoms with Crippen LogP contribution in [0.5, 0.6) is 0 Å². The van der Waals surface area contributed by atoms with Crippen LogP contribution in [-0.2, 0) is 6.54 Å². The van der Waals surface area contributed by atoms with Crippen molar-refractivity contribution < 1.29 is 4.79 Å². The summed E-state index contributed by atoms with van der Waals surface area (Å²) in [6.07, 6.45) is 2.99. The minimum absolute atomic E-state index is 0.169. The zero-order valence-electron chi connectivity index (χ0n) is 7.80. The van der Waals surface area contributed by atoms with Gasteiger partial charge in [-0.15, -0.1) is 0 Å². The summed E-state index contributed by atoms with van der Waals surface area (Å²) < 4.78 is 3.22. The molecule has 0 radical (unpaired) electrons. The minimum Gasteiger partial charge on any atom is -0.344 e. The normalized spacial score (nSPS) is 20.1. The van der Waals surface area contributed by atoms with Gasteiger partial charge in [-0.1, -0.05) is 13.8 Å². The molecule has 1 aliphatic rings. The van der Waals surface area contributed by atoms with Crippen LogP contribution in [0.3, 0.4) is 0 Å². The van der Waals surface area contributed by atoms with Crippen LogP contribution >= 0.6 is 22.6 Å². The van der Waals surface area contributed by atoms with Crippen LogP contribution < -0.4 is 0 Å². The lowest BCUT2D eigenvalue weighted by molar-refractivity contribution is 0.0779. The van der Waals surface area contributed by atoms with Crippen LogP contribution in [-0.4, -0.2) is 10.4 Å². The van der Waals surface area contributed by atoms with E-state index in [2.05, 4.69) is 27.2 Å². The number of carbonyl (C=O) groups excluding carboxylic acids is 1. The smallest absolute Gasteiger partial charge is 0.184 e. The van der Waals surface area contributed by atoms with E-state index < -0.39 is 0 Å². The van der Waals surface area contributed by atoms with Crippen molar-refractivity contribution in [3.8, 4) is 0 Å². The first kappa shape index (κ1) is 9.24. The van der Waals surface area contributed by atoms with Crippen molar-refractivity contribution in [2.24, 2.45) is 5.41 Å². The van der Waals surface area contributed by atoms with Gasteiger partial charge in [0.2, 0.25) is 0 Å². The van der Waals surface area contributed by atoms with Gasteiger partial charge in [0.25, 0.3) is 0 Å². The van der Waals surface area contributed by atoms with Gasteiger partial charge in [0.1, 0.15) is 0 Å². The predicted octanol–water partition coefficient (Wildman–Crippen LogP) is 2.71. The van der Waals surface area contributed by atoms with E-state index in [0.717, 1.165) is 22.2 Å². The molecule has 0 atom stereocenters. The van der Waals surface area contributed by atoms with E-state index in [1.54, 1.807) is 0 Å². The van der Waals surface area contributed by atoms with Gasteiger partial charge < -0.3 is 4.57 Å². The van der Waals surface area contributed by atoms with Crippen molar-refractivity contribution >= 4 is 28.4 Å². The number of rotatable bonds is 0. The van der Waals surface area contributed by atoms with E-state index in [-0.39, 0.29) is 11.2 Å². The molecule has 3 heteroatoms. The maximum Gasteiger partial charge on any atom is 0.184 e. The predicted molar refractivity (Wildman–Crippen MR) is 59.9 cm³/mol. The number of fused-ring (bicyclic) bond motifs is 1. The Morgan fingerprint density at radius 1 is 1.54 bits per heavy atom. The van der Waals surface area contributed by atoms with Crippen LogP contribution in [0.1, 0.15) is 30.8 Å². The van der Waals surface area contributed by atoms with Gasteiger partial charge in [-0.3, -0.25) is 4.79 Å². The third-order valence-electron chi connectivity index (χ3n) is 2.69. The van der Waals surface area contributed by atoms with Gasteiger partial charge in [-0.25, -0.2) is 0 Å². The molecule has 13 heavy (non-hydrogen) atoms. The zero-order valence-corrected chi connectivity index (χ0v) is 9.96. The summed E-state index contributed by atoms with van der Waals surface area (Å²) in [5.74, 6) is 0.279. The fraction of sp³-hybridized carbons (Fsp3) is 0.500. The van der Waals surface area contributed by atoms with Crippen LogP contribution in [0.25, 0.3) is 0 Å². The molecule has 0 bridgehead atoms. The summed E-state index contributed by atoms with van der Waals surface area (Å²) >= 11 is 2.25. The fourth-order valence-corrected chi connectivity index (χ4v) is 2.34. The Bertz CT molecular complexity index is 365. The van der Waals surface area contributed by atoms with Crippen molar-refractivity contribution in [1.29, 1.82) is 0 Å². The number of aryl methyl sites for hydroxylation is 1. The third kappa shape index (κ3) is 1.43. The molecular weight excluding hydrogens is 277 g/mol. The van der Waals surface area contributed by atoms with E-state index in [0.29, 0.717) is 0 Å². The lowest BCUT2D eigenvalue weighted by Gasteiger charge is -2.29. The molecule has 0 fully saturated rings. The molecule has 0 spiro atoms. The largest absolute Gasteiger partial charge is 0.344 e. The lowest BCUT2D eigenvalue weighted by Crippen LogP contribution is -2.32. The molecular formula is C10H12INO. The molecule has 1 aliphatic heterocycles. The Labute approximate surface area is 91.5 Å². The zero-order chi connectivity index (χ0) is 9.64. The topological polar surface area (TPSA) is 22.0 Å². The number of nitrogens with zero attached hydrogens (tertiary/aromatic N) is 1. The molecule has 0 saturated carbocycles. The summed E-state index contributed by atoms with van der Waals surface area (Å²) in [6, 6.07) is 1.98. The van der Waals surface area contributed by atoms with Crippen molar-refractivity contribution in [1.82, 2.24) is 4.57 Å². The summed E-state index contributed by atoms with van der Waals surface area (Å²) in [7, 11) is 0. The molecule has 1 aromatic heterocycles. The molecule has 2 heterocycles. The summed E-state index contributed by atoms with van der Waals surface area (Å²) in [5.41, 5.74) is 0.706. The average molecular weight is 289 g/mol. The summed E-state index contributed by atoms with van der Waals surface area (Å²) in [6.45, 7) is 5.02. The lowest BCUT2D eigenvalue weighted by atomic mass is 9.81. The van der Waals surface area contributed by atoms with Gasteiger partial charge in [0.05, 0.1) is 5.69 Å². The Kier molecular flexibility index (Phi) is 2.02. The summed E-state index contributed by atoms with van der Waals surface area (Å²) in [5, 5.41) is 0. The number of halogens is 1. The highest BCUT2D eigenvalue weighted by Crippen LogP contribution is 2.32. The van der Waals surface area contributed by atoms with Gasteiger partial charge in [0.15, 0.2) is 5.78 Å². The first-order valence-corrected chi connectivity index (χ1v) is 5.49. The fourth-order valence-electron chi connectivity index (χ4n) is 1.71. The van der Waals surface area contributed by atoms with Crippen molar-refractivity contribution in [3.05, 3.63) is 21.5 Å². The van der Waals surface area contributed by atoms with Crippen LogP contribution in [0.2, 0.25) is 0 Å². The molecule has 0 saturated heterocycles. The molecule has 0 amide bonds. The SMILES string of the molecule is CC1(C)CCn2cc(I)cc2C1=O. The van der Waals surface area contributed by atoms with Crippen molar-refractivity contribution in [3.63, 3.8) is 0 Å². The molecule has 0 N–H and O–H groups in total. The van der Waals surface area contributed by atoms with E-state index in [4.69, 9.17) is 0 Å². The number of Topliss-reactive ketones (excluding diaryl/α,β-unsaturated/α-hetero) is 1. The first-order chi connectivity index (χ1) is 6.00. The average Bonchev–Trinajstić information content (AvgIpc) is 2.40. The van der Waals surface area contributed by atoms with Crippen LogP contribution in [0.15, 0.2) is 12.3 Å². The van der Waals surface area contributed by atoms with E-state index in [1.165, 1.54) is 0 Å². The maximum atomic E-state index is 11.9. The minimum atomic E-state index is -0.169.